The zero-order valence-corrected chi connectivity index (χ0v) is 17.6. The summed E-state index contributed by atoms with van der Waals surface area (Å²) in [7, 11) is 0. The van der Waals surface area contributed by atoms with Crippen molar-refractivity contribution in [3.63, 3.8) is 0 Å². The van der Waals surface area contributed by atoms with Crippen molar-refractivity contribution >= 4 is 0 Å². The summed E-state index contributed by atoms with van der Waals surface area (Å²) in [6.07, 6.45) is 6.62. The molecule has 5 nitrogen and oxygen atoms in total. The third-order valence-corrected chi connectivity index (χ3v) is 5.95. The van der Waals surface area contributed by atoms with Crippen LogP contribution in [0.4, 0.5) is 0 Å². The Morgan fingerprint density at radius 3 is 1.96 bits per heavy atom. The highest BCUT2D eigenvalue weighted by atomic mass is 16.5. The van der Waals surface area contributed by atoms with Gasteiger partial charge >= 0.3 is 0 Å². The first-order valence-corrected chi connectivity index (χ1v) is 11.1. The molecule has 1 saturated carbocycles. The summed E-state index contributed by atoms with van der Waals surface area (Å²) in [5.41, 5.74) is 2.03. The molecule has 2 aliphatic rings. The molecule has 1 aliphatic heterocycles. The van der Waals surface area contributed by atoms with Crippen LogP contribution in [0.1, 0.15) is 63.5 Å². The summed E-state index contributed by atoms with van der Waals surface area (Å²) >= 11 is 0. The van der Waals surface area contributed by atoms with Crippen molar-refractivity contribution in [2.75, 3.05) is 32.8 Å². The van der Waals surface area contributed by atoms with E-state index in [-0.39, 0.29) is 0 Å². The van der Waals surface area contributed by atoms with Crippen LogP contribution in [0.25, 0.3) is 0 Å². The number of aliphatic hydroxyl groups is 2. The van der Waals surface area contributed by atoms with Crippen molar-refractivity contribution in [1.29, 1.82) is 0 Å². The lowest BCUT2D eigenvalue weighted by molar-refractivity contribution is -0.0727. The van der Waals surface area contributed by atoms with E-state index in [1.807, 2.05) is 0 Å². The highest BCUT2D eigenvalue weighted by molar-refractivity contribution is 5.48. The second-order valence-electron chi connectivity index (χ2n) is 8.50. The standard InChI is InChI=1S/C23H37NO4/c1-3-12-27-21-14-18-6-10-24(17-20(25)16-23(26)8-5-9-23)11-7-19(18)15-22(21)28-13-4-2/h14-15,20,25-26H,3-13,16-17H2,1-2H3. The van der Waals surface area contributed by atoms with Crippen molar-refractivity contribution in [2.45, 2.75) is 76.9 Å². The molecule has 0 spiro atoms. The van der Waals surface area contributed by atoms with E-state index in [1.165, 1.54) is 11.1 Å². The first-order valence-electron chi connectivity index (χ1n) is 11.1. The molecule has 1 atom stereocenters. The summed E-state index contributed by atoms with van der Waals surface area (Å²) in [4.78, 5) is 2.33. The Morgan fingerprint density at radius 1 is 1.00 bits per heavy atom. The van der Waals surface area contributed by atoms with Gasteiger partial charge in [-0.15, -0.1) is 0 Å². The molecule has 1 unspecified atom stereocenters. The van der Waals surface area contributed by atoms with E-state index >= 15 is 0 Å². The molecule has 0 radical (unpaired) electrons. The Labute approximate surface area is 169 Å². The van der Waals surface area contributed by atoms with E-state index in [1.54, 1.807) is 0 Å². The van der Waals surface area contributed by atoms with Crippen LogP contribution in [0.15, 0.2) is 12.1 Å². The first kappa shape index (κ1) is 21.4. The molecule has 2 N–H and O–H groups in total. The van der Waals surface area contributed by atoms with Gasteiger partial charge in [0, 0.05) is 26.1 Å². The van der Waals surface area contributed by atoms with Gasteiger partial charge in [0.15, 0.2) is 11.5 Å². The van der Waals surface area contributed by atoms with E-state index in [4.69, 9.17) is 9.47 Å². The van der Waals surface area contributed by atoms with Crippen molar-refractivity contribution in [1.82, 2.24) is 4.90 Å². The Balaban J connectivity index is 1.62. The predicted molar refractivity (Wildman–Crippen MR) is 111 cm³/mol. The fraction of sp³-hybridized carbons (Fsp3) is 0.739. The van der Waals surface area contributed by atoms with Crippen LogP contribution in [0.2, 0.25) is 0 Å². The number of ether oxygens (including phenoxy) is 2. The van der Waals surface area contributed by atoms with Crippen molar-refractivity contribution in [3.05, 3.63) is 23.3 Å². The SMILES string of the molecule is CCCOc1cc2c(cc1OCCC)CCN(CC(O)CC1(O)CCC1)CC2. The smallest absolute Gasteiger partial charge is 0.161 e. The Bertz CT molecular complexity index is 590. The average molecular weight is 392 g/mol. The van der Waals surface area contributed by atoms with Gasteiger partial charge in [-0.1, -0.05) is 13.8 Å². The van der Waals surface area contributed by atoms with Gasteiger partial charge in [0.1, 0.15) is 0 Å². The number of rotatable bonds is 10. The Kier molecular flexibility index (Phi) is 7.61. The molecule has 0 bridgehead atoms. The molecule has 1 aromatic rings. The molecular formula is C23H37NO4. The van der Waals surface area contributed by atoms with Crippen LogP contribution in [-0.2, 0) is 12.8 Å². The number of hydrogen-bond acceptors (Lipinski definition) is 5. The van der Waals surface area contributed by atoms with Crippen LogP contribution in [-0.4, -0.2) is 59.7 Å². The van der Waals surface area contributed by atoms with Gasteiger partial charge in [-0.3, -0.25) is 0 Å². The van der Waals surface area contributed by atoms with E-state index in [0.29, 0.717) is 26.2 Å². The molecule has 1 fully saturated rings. The molecule has 0 amide bonds. The summed E-state index contributed by atoms with van der Waals surface area (Å²) in [6, 6.07) is 4.32. The topological polar surface area (TPSA) is 62.2 Å². The highest BCUT2D eigenvalue weighted by Gasteiger charge is 2.36. The molecule has 1 aromatic carbocycles. The zero-order valence-electron chi connectivity index (χ0n) is 17.6. The van der Waals surface area contributed by atoms with Crippen LogP contribution < -0.4 is 9.47 Å². The van der Waals surface area contributed by atoms with Crippen LogP contribution in [0.5, 0.6) is 11.5 Å². The number of nitrogens with zero attached hydrogens (tertiary/aromatic N) is 1. The largest absolute Gasteiger partial charge is 0.490 e. The lowest BCUT2D eigenvalue weighted by Crippen LogP contribution is -2.44. The van der Waals surface area contributed by atoms with Gasteiger partial charge in [0.2, 0.25) is 0 Å². The number of β-amino-alcohol motifs (C(OH)–C–C–N with tert-alkyl or cyclic N) is 1. The molecule has 1 heterocycles. The molecule has 3 rings (SSSR count). The fourth-order valence-electron chi connectivity index (χ4n) is 4.20. The number of hydrogen-bond donors (Lipinski definition) is 2. The number of benzene rings is 1. The predicted octanol–water partition coefficient (Wildman–Crippen LogP) is 3.33. The Morgan fingerprint density at radius 2 is 1.54 bits per heavy atom. The van der Waals surface area contributed by atoms with Crippen molar-refractivity contribution in [3.8, 4) is 11.5 Å². The lowest BCUT2D eigenvalue weighted by atomic mass is 9.76. The maximum atomic E-state index is 10.5. The van der Waals surface area contributed by atoms with Gasteiger partial charge in [0.05, 0.1) is 24.9 Å². The second kappa shape index (κ2) is 9.95. The summed E-state index contributed by atoms with van der Waals surface area (Å²) in [5, 5.41) is 20.8. The molecule has 1 aliphatic carbocycles. The normalized spacial score (nSPS) is 20.0. The van der Waals surface area contributed by atoms with Gasteiger partial charge in [-0.25, -0.2) is 0 Å². The minimum Gasteiger partial charge on any atom is -0.490 e. The summed E-state index contributed by atoms with van der Waals surface area (Å²) in [6.45, 7) is 8.09. The minimum atomic E-state index is -0.620. The van der Waals surface area contributed by atoms with Gasteiger partial charge in [-0.2, -0.15) is 0 Å². The van der Waals surface area contributed by atoms with Gasteiger partial charge in [0.25, 0.3) is 0 Å². The molecular weight excluding hydrogens is 354 g/mol. The minimum absolute atomic E-state index is 0.460. The maximum absolute atomic E-state index is 10.5. The van der Waals surface area contributed by atoms with E-state index in [2.05, 4.69) is 30.9 Å². The van der Waals surface area contributed by atoms with Crippen molar-refractivity contribution in [2.24, 2.45) is 0 Å². The van der Waals surface area contributed by atoms with Gasteiger partial charge in [-0.05, 0) is 68.2 Å². The second-order valence-corrected chi connectivity index (χ2v) is 8.50. The molecule has 158 valence electrons. The number of aliphatic hydroxyl groups excluding tert-OH is 1. The molecule has 5 heteroatoms. The summed E-state index contributed by atoms with van der Waals surface area (Å²) in [5.74, 6) is 1.71. The maximum Gasteiger partial charge on any atom is 0.161 e. The summed E-state index contributed by atoms with van der Waals surface area (Å²) < 4.78 is 11.9. The van der Waals surface area contributed by atoms with Crippen LogP contribution in [0.3, 0.4) is 0 Å². The van der Waals surface area contributed by atoms with E-state index in [0.717, 1.165) is 69.5 Å². The molecule has 0 saturated heterocycles. The third-order valence-electron chi connectivity index (χ3n) is 5.95. The van der Waals surface area contributed by atoms with E-state index in [9.17, 15) is 10.2 Å². The Hall–Kier alpha value is -1.30. The number of fused-ring (bicyclic) bond motifs is 1. The molecule has 28 heavy (non-hydrogen) atoms. The first-order chi connectivity index (χ1) is 13.5. The average Bonchev–Trinajstić information content (AvgIpc) is 2.84. The lowest BCUT2D eigenvalue weighted by Gasteiger charge is -2.39. The fourth-order valence-corrected chi connectivity index (χ4v) is 4.20. The van der Waals surface area contributed by atoms with Gasteiger partial charge < -0.3 is 24.6 Å². The third kappa shape index (κ3) is 5.62. The zero-order chi connectivity index (χ0) is 20.0. The van der Waals surface area contributed by atoms with Crippen LogP contribution >= 0.6 is 0 Å². The van der Waals surface area contributed by atoms with E-state index < -0.39 is 11.7 Å². The molecule has 0 aromatic heterocycles. The van der Waals surface area contributed by atoms with Crippen LogP contribution in [0, 0.1) is 0 Å². The highest BCUT2D eigenvalue weighted by Crippen LogP contribution is 2.36. The van der Waals surface area contributed by atoms with Crippen molar-refractivity contribution < 1.29 is 19.7 Å². The monoisotopic (exact) mass is 391 g/mol. The quantitative estimate of drug-likeness (QED) is 0.641.